The summed E-state index contributed by atoms with van der Waals surface area (Å²) in [7, 11) is 0. The quantitative estimate of drug-likeness (QED) is 0.896. The van der Waals surface area contributed by atoms with Crippen LogP contribution in [0.4, 0.5) is 13.2 Å². The molecule has 0 saturated heterocycles. The Balaban J connectivity index is 2.88. The van der Waals surface area contributed by atoms with Crippen molar-refractivity contribution in [1.29, 1.82) is 0 Å². The normalized spacial score (nSPS) is 11.5. The zero-order valence-electron chi connectivity index (χ0n) is 8.01. The van der Waals surface area contributed by atoms with E-state index in [-0.39, 0.29) is 17.9 Å². The third-order valence-electron chi connectivity index (χ3n) is 1.86. The summed E-state index contributed by atoms with van der Waals surface area (Å²) in [6, 6.07) is 0.734. The Labute approximate surface area is 94.4 Å². The summed E-state index contributed by atoms with van der Waals surface area (Å²) in [5, 5.41) is -0.0661. The molecule has 0 saturated carbocycles. The minimum atomic E-state index is -4.52. The van der Waals surface area contributed by atoms with Crippen molar-refractivity contribution in [1.82, 2.24) is 4.98 Å². The molecule has 0 atom stereocenters. The Bertz CT molecular complexity index is 406. The largest absolute Gasteiger partial charge is 0.433 e. The molecule has 0 aliphatic heterocycles. The van der Waals surface area contributed by atoms with E-state index < -0.39 is 17.8 Å². The molecule has 1 rings (SSSR count). The molecule has 0 radical (unpaired) electrons. The lowest BCUT2D eigenvalue weighted by molar-refractivity contribution is -0.141. The van der Waals surface area contributed by atoms with E-state index in [1.54, 1.807) is 0 Å². The van der Waals surface area contributed by atoms with Crippen molar-refractivity contribution >= 4 is 17.5 Å². The number of hydrogen-bond acceptors (Lipinski definition) is 2. The van der Waals surface area contributed by atoms with E-state index in [9.17, 15) is 18.0 Å². The van der Waals surface area contributed by atoms with Gasteiger partial charge in [-0.25, -0.2) is 0 Å². The van der Waals surface area contributed by atoms with Crippen molar-refractivity contribution < 1.29 is 18.0 Å². The highest BCUT2D eigenvalue weighted by atomic mass is 35.5. The molecule has 1 aromatic rings. The smallest absolute Gasteiger partial charge is 0.370 e. The number of primary amides is 1. The minimum absolute atomic E-state index is 0.0206. The number of aryl methyl sites for hydroxylation is 1. The van der Waals surface area contributed by atoms with Crippen LogP contribution in [0.15, 0.2) is 12.3 Å². The zero-order chi connectivity index (χ0) is 12.3. The fraction of sp³-hybridized carbons (Fsp3) is 0.333. The van der Waals surface area contributed by atoms with E-state index in [2.05, 4.69) is 4.98 Å². The van der Waals surface area contributed by atoms with Crippen LogP contribution in [0.3, 0.4) is 0 Å². The predicted molar refractivity (Wildman–Crippen MR) is 51.8 cm³/mol. The topological polar surface area (TPSA) is 56.0 Å². The first-order valence-electron chi connectivity index (χ1n) is 4.30. The number of halogens is 4. The molecule has 0 aliphatic carbocycles. The number of carbonyl (C=O) groups is 1. The number of carbonyl (C=O) groups excluding carboxylic acids is 1. The Kier molecular flexibility index (Phi) is 3.74. The van der Waals surface area contributed by atoms with Gasteiger partial charge in [-0.15, -0.1) is 0 Å². The van der Waals surface area contributed by atoms with Crippen molar-refractivity contribution in [2.24, 2.45) is 5.73 Å². The molecule has 0 unspecified atom stereocenters. The van der Waals surface area contributed by atoms with Crippen LogP contribution in [0, 0.1) is 0 Å². The molecule has 0 aromatic carbocycles. The standard InChI is InChI=1S/C9H8ClF3N2O/c10-6-3-7(9(11,12)13)15-4-5(6)1-2-8(14)16/h3-4H,1-2H2,(H2,14,16). The summed E-state index contributed by atoms with van der Waals surface area (Å²) in [4.78, 5) is 13.7. The van der Waals surface area contributed by atoms with Gasteiger partial charge in [0.2, 0.25) is 5.91 Å². The summed E-state index contributed by atoms with van der Waals surface area (Å²) >= 11 is 5.63. The molecule has 1 heterocycles. The SMILES string of the molecule is NC(=O)CCc1cnc(C(F)(F)F)cc1Cl. The van der Waals surface area contributed by atoms with Crippen LogP contribution in [-0.4, -0.2) is 10.9 Å². The van der Waals surface area contributed by atoms with Gasteiger partial charge in [0.1, 0.15) is 5.69 Å². The molecule has 0 bridgehead atoms. The Morgan fingerprint density at radius 2 is 2.12 bits per heavy atom. The summed E-state index contributed by atoms with van der Waals surface area (Å²) < 4.78 is 36.7. The Hall–Kier alpha value is -1.30. The summed E-state index contributed by atoms with van der Waals surface area (Å²) in [5.41, 5.74) is 4.22. The van der Waals surface area contributed by atoms with Crippen molar-refractivity contribution in [3.63, 3.8) is 0 Å². The molecular weight excluding hydrogens is 245 g/mol. The monoisotopic (exact) mass is 252 g/mol. The van der Waals surface area contributed by atoms with Crippen LogP contribution in [0.5, 0.6) is 0 Å². The fourth-order valence-corrected chi connectivity index (χ4v) is 1.30. The number of rotatable bonds is 3. The van der Waals surface area contributed by atoms with Crippen LogP contribution in [0.1, 0.15) is 17.7 Å². The van der Waals surface area contributed by atoms with Crippen LogP contribution in [-0.2, 0) is 17.4 Å². The molecule has 7 heteroatoms. The van der Waals surface area contributed by atoms with Crippen molar-refractivity contribution in [2.75, 3.05) is 0 Å². The van der Waals surface area contributed by atoms with E-state index in [1.165, 1.54) is 0 Å². The van der Waals surface area contributed by atoms with Gasteiger partial charge in [0.25, 0.3) is 0 Å². The van der Waals surface area contributed by atoms with Crippen LogP contribution in [0.25, 0.3) is 0 Å². The molecule has 1 amide bonds. The van der Waals surface area contributed by atoms with Crippen LogP contribution < -0.4 is 5.73 Å². The molecule has 2 N–H and O–H groups in total. The average Bonchev–Trinajstić information content (AvgIpc) is 2.14. The Morgan fingerprint density at radius 1 is 1.50 bits per heavy atom. The number of amides is 1. The predicted octanol–water partition coefficient (Wildman–Crippen LogP) is 2.17. The lowest BCUT2D eigenvalue weighted by Gasteiger charge is -2.08. The van der Waals surface area contributed by atoms with E-state index in [4.69, 9.17) is 17.3 Å². The van der Waals surface area contributed by atoms with Gasteiger partial charge in [-0.2, -0.15) is 13.2 Å². The maximum absolute atomic E-state index is 12.2. The maximum Gasteiger partial charge on any atom is 0.433 e. The van der Waals surface area contributed by atoms with Crippen LogP contribution >= 0.6 is 11.6 Å². The Morgan fingerprint density at radius 3 is 2.56 bits per heavy atom. The first kappa shape index (κ1) is 12.8. The summed E-state index contributed by atoms with van der Waals surface area (Å²) in [6.45, 7) is 0. The second kappa shape index (κ2) is 4.69. The van der Waals surface area contributed by atoms with Gasteiger partial charge < -0.3 is 5.73 Å². The second-order valence-corrected chi connectivity index (χ2v) is 3.53. The number of nitrogens with two attached hydrogens (primary N) is 1. The lowest BCUT2D eigenvalue weighted by atomic mass is 10.1. The maximum atomic E-state index is 12.2. The van der Waals surface area contributed by atoms with E-state index in [0.29, 0.717) is 5.56 Å². The lowest BCUT2D eigenvalue weighted by Crippen LogP contribution is -2.12. The first-order chi connectivity index (χ1) is 7.30. The molecule has 3 nitrogen and oxygen atoms in total. The molecule has 16 heavy (non-hydrogen) atoms. The molecular formula is C9H8ClF3N2O. The fourth-order valence-electron chi connectivity index (χ4n) is 1.06. The molecule has 0 aliphatic rings. The summed E-state index contributed by atoms with van der Waals surface area (Å²) in [6.07, 6.45) is -3.31. The van der Waals surface area contributed by atoms with Gasteiger partial charge >= 0.3 is 6.18 Å². The number of nitrogens with zero attached hydrogens (tertiary/aromatic N) is 1. The van der Waals surface area contributed by atoms with Gasteiger partial charge in [-0.3, -0.25) is 9.78 Å². The number of alkyl halides is 3. The molecule has 0 fully saturated rings. The van der Waals surface area contributed by atoms with E-state index in [0.717, 1.165) is 12.3 Å². The second-order valence-electron chi connectivity index (χ2n) is 3.13. The van der Waals surface area contributed by atoms with Crippen molar-refractivity contribution in [3.8, 4) is 0 Å². The van der Waals surface area contributed by atoms with Crippen LogP contribution in [0.2, 0.25) is 5.02 Å². The van der Waals surface area contributed by atoms with E-state index in [1.807, 2.05) is 0 Å². The third kappa shape index (κ3) is 3.37. The van der Waals surface area contributed by atoms with E-state index >= 15 is 0 Å². The van der Waals surface area contributed by atoms with Crippen molar-refractivity contribution in [3.05, 3.63) is 28.5 Å². The number of pyridine rings is 1. The van der Waals surface area contributed by atoms with Gasteiger partial charge in [-0.1, -0.05) is 11.6 Å². The summed E-state index contributed by atoms with van der Waals surface area (Å²) in [5.74, 6) is -0.545. The molecule has 1 aromatic heterocycles. The first-order valence-corrected chi connectivity index (χ1v) is 4.68. The van der Waals surface area contributed by atoms with Gasteiger partial charge in [0.05, 0.1) is 0 Å². The van der Waals surface area contributed by atoms with Gasteiger partial charge in [-0.05, 0) is 18.1 Å². The van der Waals surface area contributed by atoms with Gasteiger partial charge in [0.15, 0.2) is 0 Å². The zero-order valence-corrected chi connectivity index (χ0v) is 8.77. The highest BCUT2D eigenvalue weighted by Crippen LogP contribution is 2.30. The third-order valence-corrected chi connectivity index (χ3v) is 2.21. The van der Waals surface area contributed by atoms with Gasteiger partial charge in [0, 0.05) is 17.6 Å². The minimum Gasteiger partial charge on any atom is -0.370 e. The van der Waals surface area contributed by atoms with Crippen molar-refractivity contribution in [2.45, 2.75) is 19.0 Å². The highest BCUT2D eigenvalue weighted by molar-refractivity contribution is 6.31. The average molecular weight is 253 g/mol. The highest BCUT2D eigenvalue weighted by Gasteiger charge is 2.32. The number of hydrogen-bond donors (Lipinski definition) is 1. The number of aromatic nitrogens is 1. The molecule has 0 spiro atoms. The molecule has 88 valence electrons.